The maximum Gasteiger partial charge on any atom is 0.220 e. The number of carbonyl (C=O) groups is 1. The molecule has 1 aliphatic carbocycles. The molecule has 4 heteroatoms. The molecule has 0 aliphatic heterocycles. The Morgan fingerprint density at radius 3 is 2.79 bits per heavy atom. The van der Waals surface area contributed by atoms with Gasteiger partial charge in [-0.2, -0.15) is 0 Å². The van der Waals surface area contributed by atoms with Crippen molar-refractivity contribution in [2.45, 2.75) is 50.6 Å². The van der Waals surface area contributed by atoms with Gasteiger partial charge in [0.25, 0.3) is 0 Å². The molecule has 1 saturated carbocycles. The smallest absolute Gasteiger partial charge is 0.220 e. The Morgan fingerprint density at radius 1 is 1.53 bits per heavy atom. The molecule has 1 aromatic carbocycles. The zero-order valence-corrected chi connectivity index (χ0v) is 12.9. The second-order valence-electron chi connectivity index (χ2n) is 5.51. The summed E-state index contributed by atoms with van der Waals surface area (Å²) >= 11 is 3.49. The normalized spacial score (nSPS) is 18.5. The maximum atomic E-state index is 12.0. The van der Waals surface area contributed by atoms with Gasteiger partial charge in [0.2, 0.25) is 5.91 Å². The van der Waals surface area contributed by atoms with Crippen molar-refractivity contribution in [1.82, 2.24) is 5.32 Å². The molecule has 1 atom stereocenters. The Bertz CT molecular complexity index is 455. The van der Waals surface area contributed by atoms with Crippen LogP contribution in [0.1, 0.15) is 44.6 Å². The third kappa shape index (κ3) is 3.57. The van der Waals surface area contributed by atoms with Gasteiger partial charge in [-0.05, 0) is 50.3 Å². The van der Waals surface area contributed by atoms with E-state index in [1.807, 2.05) is 19.1 Å². The second-order valence-corrected chi connectivity index (χ2v) is 6.43. The molecule has 1 fully saturated rings. The van der Waals surface area contributed by atoms with Crippen molar-refractivity contribution in [3.8, 4) is 0 Å². The van der Waals surface area contributed by atoms with Crippen LogP contribution >= 0.6 is 15.9 Å². The van der Waals surface area contributed by atoms with Crippen LogP contribution in [-0.2, 0) is 10.3 Å². The average molecular weight is 325 g/mol. The molecule has 0 heterocycles. The SMILES string of the molecule is CC(N)CCC(=O)NC1(c2cccc(Br)c2)CCC1. The van der Waals surface area contributed by atoms with Gasteiger partial charge < -0.3 is 11.1 Å². The summed E-state index contributed by atoms with van der Waals surface area (Å²) in [4.78, 5) is 12.0. The Hall–Kier alpha value is -0.870. The van der Waals surface area contributed by atoms with Gasteiger partial charge in [-0.25, -0.2) is 0 Å². The molecular weight excluding hydrogens is 304 g/mol. The van der Waals surface area contributed by atoms with E-state index < -0.39 is 0 Å². The quantitative estimate of drug-likeness (QED) is 0.874. The van der Waals surface area contributed by atoms with E-state index in [2.05, 4.69) is 33.4 Å². The van der Waals surface area contributed by atoms with E-state index in [0.29, 0.717) is 6.42 Å². The number of nitrogens with one attached hydrogen (secondary N) is 1. The van der Waals surface area contributed by atoms with Gasteiger partial charge in [-0.3, -0.25) is 4.79 Å². The van der Waals surface area contributed by atoms with Crippen molar-refractivity contribution in [2.24, 2.45) is 5.73 Å². The molecule has 0 spiro atoms. The summed E-state index contributed by atoms with van der Waals surface area (Å²) in [5.41, 5.74) is 6.74. The molecule has 1 aromatic rings. The van der Waals surface area contributed by atoms with Gasteiger partial charge in [0, 0.05) is 16.9 Å². The zero-order chi connectivity index (χ0) is 13.9. The second kappa shape index (κ2) is 6.06. The lowest BCUT2D eigenvalue weighted by molar-refractivity contribution is -0.124. The van der Waals surface area contributed by atoms with Crippen molar-refractivity contribution >= 4 is 21.8 Å². The number of rotatable bonds is 5. The number of carbonyl (C=O) groups excluding carboxylic acids is 1. The van der Waals surface area contributed by atoms with Gasteiger partial charge in [-0.15, -0.1) is 0 Å². The van der Waals surface area contributed by atoms with Crippen molar-refractivity contribution in [2.75, 3.05) is 0 Å². The third-order valence-corrected chi connectivity index (χ3v) is 4.28. The van der Waals surface area contributed by atoms with E-state index in [4.69, 9.17) is 5.73 Å². The molecule has 3 N–H and O–H groups in total. The number of nitrogens with two attached hydrogens (primary N) is 1. The summed E-state index contributed by atoms with van der Waals surface area (Å²) in [7, 11) is 0. The van der Waals surface area contributed by atoms with Crippen LogP contribution in [0.2, 0.25) is 0 Å². The van der Waals surface area contributed by atoms with Crippen LogP contribution in [0.4, 0.5) is 0 Å². The summed E-state index contributed by atoms with van der Waals surface area (Å²) in [6.07, 6.45) is 4.45. The summed E-state index contributed by atoms with van der Waals surface area (Å²) in [6.45, 7) is 1.93. The van der Waals surface area contributed by atoms with Gasteiger partial charge in [0.15, 0.2) is 0 Å². The monoisotopic (exact) mass is 324 g/mol. The summed E-state index contributed by atoms with van der Waals surface area (Å²) in [5, 5.41) is 3.21. The molecule has 0 aromatic heterocycles. The van der Waals surface area contributed by atoms with E-state index in [1.54, 1.807) is 0 Å². The fourth-order valence-corrected chi connectivity index (χ4v) is 2.89. The topological polar surface area (TPSA) is 55.1 Å². The molecule has 1 amide bonds. The molecule has 1 unspecified atom stereocenters. The molecule has 0 saturated heterocycles. The van der Waals surface area contributed by atoms with Gasteiger partial charge >= 0.3 is 0 Å². The first-order valence-electron chi connectivity index (χ1n) is 6.84. The number of halogens is 1. The molecule has 1 aliphatic rings. The minimum absolute atomic E-state index is 0.0777. The van der Waals surface area contributed by atoms with Crippen LogP contribution in [0.15, 0.2) is 28.7 Å². The molecule has 0 bridgehead atoms. The average Bonchev–Trinajstić information content (AvgIpc) is 2.31. The lowest BCUT2D eigenvalue weighted by Crippen LogP contribution is -2.50. The summed E-state index contributed by atoms with van der Waals surface area (Å²) in [6, 6.07) is 8.30. The van der Waals surface area contributed by atoms with Gasteiger partial charge in [-0.1, -0.05) is 28.1 Å². The van der Waals surface area contributed by atoms with E-state index in [9.17, 15) is 4.79 Å². The number of benzene rings is 1. The van der Waals surface area contributed by atoms with Crippen LogP contribution < -0.4 is 11.1 Å². The fraction of sp³-hybridized carbons (Fsp3) is 0.533. The molecule has 2 rings (SSSR count). The number of amides is 1. The first-order valence-corrected chi connectivity index (χ1v) is 7.64. The number of hydrogen-bond acceptors (Lipinski definition) is 2. The summed E-state index contributed by atoms with van der Waals surface area (Å²) < 4.78 is 1.06. The Morgan fingerprint density at radius 2 is 2.26 bits per heavy atom. The summed E-state index contributed by atoms with van der Waals surface area (Å²) in [5.74, 6) is 0.108. The molecular formula is C15H21BrN2O. The third-order valence-electron chi connectivity index (χ3n) is 3.79. The lowest BCUT2D eigenvalue weighted by atomic mass is 9.71. The highest BCUT2D eigenvalue weighted by Gasteiger charge is 2.39. The predicted molar refractivity (Wildman–Crippen MR) is 80.7 cm³/mol. The van der Waals surface area contributed by atoms with Crippen molar-refractivity contribution in [3.05, 3.63) is 34.3 Å². The Labute approximate surface area is 123 Å². The minimum Gasteiger partial charge on any atom is -0.347 e. The van der Waals surface area contributed by atoms with Crippen LogP contribution in [0.5, 0.6) is 0 Å². The molecule has 104 valence electrons. The minimum atomic E-state index is -0.154. The van der Waals surface area contributed by atoms with E-state index in [0.717, 1.165) is 23.7 Å². The largest absolute Gasteiger partial charge is 0.347 e. The van der Waals surface area contributed by atoms with E-state index in [1.165, 1.54) is 12.0 Å². The van der Waals surface area contributed by atoms with Gasteiger partial charge in [0.1, 0.15) is 0 Å². The van der Waals surface area contributed by atoms with Crippen LogP contribution in [-0.4, -0.2) is 11.9 Å². The molecule has 3 nitrogen and oxygen atoms in total. The Kier molecular flexibility index (Phi) is 4.63. The van der Waals surface area contributed by atoms with Crippen LogP contribution in [0, 0.1) is 0 Å². The van der Waals surface area contributed by atoms with Crippen molar-refractivity contribution in [1.29, 1.82) is 0 Å². The van der Waals surface area contributed by atoms with Crippen LogP contribution in [0.25, 0.3) is 0 Å². The standard InChI is InChI=1S/C15H21BrN2O/c1-11(17)6-7-14(19)18-15(8-3-9-15)12-4-2-5-13(16)10-12/h2,4-5,10-11H,3,6-9,17H2,1H3,(H,18,19). The van der Waals surface area contributed by atoms with Crippen molar-refractivity contribution in [3.63, 3.8) is 0 Å². The first kappa shape index (κ1) is 14.5. The first-order chi connectivity index (χ1) is 9.02. The fourth-order valence-electron chi connectivity index (χ4n) is 2.49. The molecule has 19 heavy (non-hydrogen) atoms. The highest BCUT2D eigenvalue weighted by atomic mass is 79.9. The Balaban J connectivity index is 2.05. The lowest BCUT2D eigenvalue weighted by Gasteiger charge is -2.43. The van der Waals surface area contributed by atoms with Gasteiger partial charge in [0.05, 0.1) is 5.54 Å². The highest BCUT2D eigenvalue weighted by Crippen LogP contribution is 2.41. The van der Waals surface area contributed by atoms with E-state index in [-0.39, 0.29) is 17.5 Å². The predicted octanol–water partition coefficient (Wildman–Crippen LogP) is 3.07. The molecule has 0 radical (unpaired) electrons. The maximum absolute atomic E-state index is 12.0. The van der Waals surface area contributed by atoms with Crippen LogP contribution in [0.3, 0.4) is 0 Å². The van der Waals surface area contributed by atoms with Crippen molar-refractivity contribution < 1.29 is 4.79 Å². The number of hydrogen-bond donors (Lipinski definition) is 2. The van der Waals surface area contributed by atoms with E-state index >= 15 is 0 Å². The zero-order valence-electron chi connectivity index (χ0n) is 11.3. The highest BCUT2D eigenvalue weighted by molar-refractivity contribution is 9.10.